The van der Waals surface area contributed by atoms with E-state index >= 15 is 0 Å². The van der Waals surface area contributed by atoms with E-state index in [1.807, 2.05) is 16.8 Å². The molecular weight excluding hydrogens is 206 g/mol. The van der Waals surface area contributed by atoms with Gasteiger partial charge in [-0.2, -0.15) is 10.1 Å². The van der Waals surface area contributed by atoms with Crippen LogP contribution in [0.1, 0.15) is 23.8 Å². The van der Waals surface area contributed by atoms with Gasteiger partial charge in [0.1, 0.15) is 12.0 Å². The van der Waals surface area contributed by atoms with E-state index in [4.69, 9.17) is 0 Å². The molecular formula is C10H13N5O. The number of amides is 1. The van der Waals surface area contributed by atoms with Gasteiger partial charge < -0.3 is 4.57 Å². The highest BCUT2D eigenvalue weighted by Crippen LogP contribution is 2.06. The molecule has 0 aliphatic heterocycles. The van der Waals surface area contributed by atoms with Gasteiger partial charge in [0.25, 0.3) is 5.91 Å². The van der Waals surface area contributed by atoms with Gasteiger partial charge in [-0.15, -0.1) is 0 Å². The predicted molar refractivity (Wildman–Crippen MR) is 59.1 cm³/mol. The zero-order valence-electron chi connectivity index (χ0n) is 8.97. The average molecular weight is 219 g/mol. The van der Waals surface area contributed by atoms with E-state index < -0.39 is 0 Å². The molecule has 0 saturated heterocycles. The van der Waals surface area contributed by atoms with Gasteiger partial charge in [-0.25, -0.2) is 5.10 Å². The Bertz CT molecular complexity index is 459. The summed E-state index contributed by atoms with van der Waals surface area (Å²) in [7, 11) is 0. The largest absolute Gasteiger partial charge is 0.344 e. The number of anilines is 1. The van der Waals surface area contributed by atoms with Crippen molar-refractivity contribution in [3.05, 3.63) is 30.4 Å². The number of nitrogens with one attached hydrogen (secondary N) is 2. The smallest absolute Gasteiger partial charge is 0.274 e. The lowest BCUT2D eigenvalue weighted by Gasteiger charge is -2.06. The Morgan fingerprint density at radius 2 is 2.50 bits per heavy atom. The third-order valence-corrected chi connectivity index (χ3v) is 2.17. The number of carbonyl (C=O) groups excluding carboxylic acids is 1. The Hall–Kier alpha value is -2.11. The summed E-state index contributed by atoms with van der Waals surface area (Å²) in [6, 6.07) is 3.63. The van der Waals surface area contributed by atoms with Gasteiger partial charge in [0.05, 0.1) is 0 Å². The molecule has 16 heavy (non-hydrogen) atoms. The number of hydrogen-bond acceptors (Lipinski definition) is 3. The normalized spacial score (nSPS) is 10.3. The Morgan fingerprint density at radius 1 is 1.62 bits per heavy atom. The van der Waals surface area contributed by atoms with Crippen LogP contribution < -0.4 is 5.32 Å². The van der Waals surface area contributed by atoms with Crippen LogP contribution in [-0.2, 0) is 6.54 Å². The van der Waals surface area contributed by atoms with Crippen molar-refractivity contribution in [2.75, 3.05) is 5.32 Å². The van der Waals surface area contributed by atoms with Gasteiger partial charge >= 0.3 is 0 Å². The van der Waals surface area contributed by atoms with Crippen molar-refractivity contribution in [1.82, 2.24) is 19.7 Å². The molecule has 0 bridgehead atoms. The number of H-pyrrole nitrogens is 1. The molecule has 2 heterocycles. The highest BCUT2D eigenvalue weighted by molar-refractivity contribution is 6.02. The molecule has 0 aliphatic rings. The third-order valence-electron chi connectivity index (χ3n) is 2.17. The van der Waals surface area contributed by atoms with Crippen molar-refractivity contribution in [1.29, 1.82) is 0 Å². The molecule has 2 N–H and O–H groups in total. The molecule has 0 atom stereocenters. The monoisotopic (exact) mass is 219 g/mol. The van der Waals surface area contributed by atoms with E-state index in [0.717, 1.165) is 13.0 Å². The van der Waals surface area contributed by atoms with Gasteiger partial charge in [0.2, 0.25) is 5.95 Å². The number of nitrogens with zero attached hydrogens (tertiary/aromatic N) is 3. The molecule has 0 aromatic carbocycles. The summed E-state index contributed by atoms with van der Waals surface area (Å²) in [4.78, 5) is 15.7. The second kappa shape index (κ2) is 4.61. The molecule has 0 unspecified atom stereocenters. The first-order valence-corrected chi connectivity index (χ1v) is 5.13. The Morgan fingerprint density at radius 3 is 3.19 bits per heavy atom. The van der Waals surface area contributed by atoms with E-state index in [1.54, 1.807) is 6.07 Å². The highest BCUT2D eigenvalue weighted by Gasteiger charge is 2.11. The van der Waals surface area contributed by atoms with E-state index in [1.165, 1.54) is 6.33 Å². The van der Waals surface area contributed by atoms with Crippen LogP contribution in [0, 0.1) is 0 Å². The van der Waals surface area contributed by atoms with E-state index in [2.05, 4.69) is 27.4 Å². The van der Waals surface area contributed by atoms with Crippen LogP contribution in [-0.4, -0.2) is 25.7 Å². The maximum atomic E-state index is 11.8. The Balaban J connectivity index is 2.11. The van der Waals surface area contributed by atoms with E-state index in [-0.39, 0.29) is 5.91 Å². The second-order valence-corrected chi connectivity index (χ2v) is 3.38. The van der Waals surface area contributed by atoms with Crippen LogP contribution in [0.5, 0.6) is 0 Å². The van der Waals surface area contributed by atoms with Crippen LogP contribution in [0.2, 0.25) is 0 Å². The number of hydrogen-bond donors (Lipinski definition) is 2. The lowest BCUT2D eigenvalue weighted by molar-refractivity contribution is 0.101. The van der Waals surface area contributed by atoms with Crippen LogP contribution in [0.4, 0.5) is 5.95 Å². The second-order valence-electron chi connectivity index (χ2n) is 3.38. The Kier molecular flexibility index (Phi) is 3.00. The van der Waals surface area contributed by atoms with Gasteiger partial charge in [-0.1, -0.05) is 6.92 Å². The van der Waals surface area contributed by atoms with Gasteiger partial charge in [0.15, 0.2) is 0 Å². The molecule has 0 saturated carbocycles. The molecule has 0 spiro atoms. The van der Waals surface area contributed by atoms with Crippen LogP contribution in [0.3, 0.4) is 0 Å². The summed E-state index contributed by atoms with van der Waals surface area (Å²) >= 11 is 0. The summed E-state index contributed by atoms with van der Waals surface area (Å²) < 4.78 is 1.91. The van der Waals surface area contributed by atoms with Crippen molar-refractivity contribution >= 4 is 11.9 Å². The van der Waals surface area contributed by atoms with Crippen LogP contribution in [0.15, 0.2) is 24.7 Å². The van der Waals surface area contributed by atoms with E-state index in [9.17, 15) is 4.79 Å². The Labute approximate surface area is 92.7 Å². The first-order chi connectivity index (χ1) is 7.81. The zero-order valence-corrected chi connectivity index (χ0v) is 8.97. The maximum absolute atomic E-state index is 11.8. The number of aromatic amines is 1. The van der Waals surface area contributed by atoms with Gasteiger partial charge in [-0.05, 0) is 18.6 Å². The molecule has 2 aromatic rings. The van der Waals surface area contributed by atoms with Crippen LogP contribution >= 0.6 is 0 Å². The summed E-state index contributed by atoms with van der Waals surface area (Å²) in [6.07, 6.45) is 4.22. The predicted octanol–water partition coefficient (Wildman–Crippen LogP) is 1.27. The minimum absolute atomic E-state index is 0.185. The molecule has 6 nitrogen and oxygen atoms in total. The highest BCUT2D eigenvalue weighted by atomic mass is 16.2. The summed E-state index contributed by atoms with van der Waals surface area (Å²) in [6.45, 7) is 2.89. The summed E-state index contributed by atoms with van der Waals surface area (Å²) in [5.41, 5.74) is 0.623. The topological polar surface area (TPSA) is 75.6 Å². The number of rotatable bonds is 4. The van der Waals surface area contributed by atoms with Gasteiger partial charge in [0, 0.05) is 12.7 Å². The van der Waals surface area contributed by atoms with Crippen molar-refractivity contribution < 1.29 is 4.79 Å². The zero-order chi connectivity index (χ0) is 11.4. The molecule has 2 aromatic heterocycles. The van der Waals surface area contributed by atoms with Gasteiger partial charge in [-0.3, -0.25) is 10.1 Å². The van der Waals surface area contributed by atoms with Crippen molar-refractivity contribution in [2.45, 2.75) is 19.9 Å². The lowest BCUT2D eigenvalue weighted by atomic mass is 10.4. The SMILES string of the molecule is CCCn1cccc1C(=O)Nc1ncn[nH]1. The maximum Gasteiger partial charge on any atom is 0.274 e. The molecule has 0 radical (unpaired) electrons. The van der Waals surface area contributed by atoms with Crippen molar-refractivity contribution in [3.8, 4) is 0 Å². The molecule has 2 rings (SSSR count). The molecule has 0 aliphatic carbocycles. The average Bonchev–Trinajstić information content (AvgIpc) is 2.89. The minimum atomic E-state index is -0.185. The number of aromatic nitrogens is 4. The summed E-state index contributed by atoms with van der Waals surface area (Å²) in [5, 5.41) is 8.87. The molecule has 6 heteroatoms. The van der Waals surface area contributed by atoms with Crippen LogP contribution in [0.25, 0.3) is 0 Å². The fourth-order valence-electron chi connectivity index (χ4n) is 1.49. The first kappa shape index (κ1) is 10.4. The fourth-order valence-corrected chi connectivity index (χ4v) is 1.49. The quantitative estimate of drug-likeness (QED) is 0.813. The molecule has 84 valence electrons. The fraction of sp³-hybridized carbons (Fsp3) is 0.300. The number of carbonyl (C=O) groups is 1. The first-order valence-electron chi connectivity index (χ1n) is 5.13. The van der Waals surface area contributed by atoms with Crippen molar-refractivity contribution in [2.24, 2.45) is 0 Å². The summed E-state index contributed by atoms with van der Waals surface area (Å²) in [5.74, 6) is 0.171. The van der Waals surface area contributed by atoms with Crippen molar-refractivity contribution in [3.63, 3.8) is 0 Å². The lowest BCUT2D eigenvalue weighted by Crippen LogP contribution is -2.17. The van der Waals surface area contributed by atoms with E-state index in [0.29, 0.717) is 11.6 Å². The molecule has 0 fully saturated rings. The molecule has 1 amide bonds. The standard InChI is InChI=1S/C10H13N5O/c1-2-5-15-6-3-4-8(15)9(16)13-10-11-7-12-14-10/h3-4,6-7H,2,5H2,1H3,(H2,11,12,13,14,16). The third kappa shape index (κ3) is 2.10. The minimum Gasteiger partial charge on any atom is -0.344 e. The number of aryl methyl sites for hydroxylation is 1.